The minimum atomic E-state index is -0.959. The molecule has 3 N–H and O–H groups in total. The molecule has 0 saturated carbocycles. The number of para-hydroxylation sites is 1. The molecule has 0 aliphatic rings. The Hall–Kier alpha value is -3.08. The van der Waals surface area contributed by atoms with Crippen molar-refractivity contribution in [1.82, 2.24) is 4.98 Å². The number of aromatic amines is 1. The maximum Gasteiger partial charge on any atom is 0.335 e. The number of hydrogen-bond acceptors (Lipinski definition) is 3. The lowest BCUT2D eigenvalue weighted by Crippen LogP contribution is -1.97. The van der Waals surface area contributed by atoms with Crippen LogP contribution in [0.25, 0.3) is 10.9 Å². The number of carbonyl (C=O) groups is 1. The molecule has 0 amide bonds. The lowest BCUT2D eigenvalue weighted by molar-refractivity contribution is 0.0697. The molecule has 104 valence electrons. The number of anilines is 1. The van der Waals surface area contributed by atoms with Crippen molar-refractivity contribution in [2.45, 2.75) is 0 Å². The van der Waals surface area contributed by atoms with E-state index in [0.29, 0.717) is 5.69 Å². The van der Waals surface area contributed by atoms with Crippen molar-refractivity contribution in [3.63, 3.8) is 0 Å². The summed E-state index contributed by atoms with van der Waals surface area (Å²) in [4.78, 5) is 14.1. The van der Waals surface area contributed by atoms with Gasteiger partial charge in [-0.2, -0.15) is 5.10 Å². The summed E-state index contributed by atoms with van der Waals surface area (Å²) in [5, 5.41) is 14.2. The van der Waals surface area contributed by atoms with Gasteiger partial charge in [0.05, 0.1) is 17.5 Å². The second kappa shape index (κ2) is 5.50. The zero-order valence-electron chi connectivity index (χ0n) is 11.1. The average Bonchev–Trinajstić information content (AvgIpc) is 2.91. The molecule has 0 aliphatic carbocycles. The molecule has 5 heteroatoms. The summed E-state index contributed by atoms with van der Waals surface area (Å²) in [7, 11) is 0. The van der Waals surface area contributed by atoms with E-state index in [4.69, 9.17) is 5.11 Å². The molecule has 0 bridgehead atoms. The van der Waals surface area contributed by atoms with E-state index in [1.807, 2.05) is 30.5 Å². The van der Waals surface area contributed by atoms with E-state index in [2.05, 4.69) is 15.5 Å². The van der Waals surface area contributed by atoms with Crippen LogP contribution in [-0.2, 0) is 0 Å². The molecule has 2 aromatic carbocycles. The molecule has 0 radical (unpaired) electrons. The Morgan fingerprint density at radius 1 is 1.19 bits per heavy atom. The van der Waals surface area contributed by atoms with Crippen LogP contribution in [0.4, 0.5) is 5.69 Å². The van der Waals surface area contributed by atoms with Crippen LogP contribution in [0, 0.1) is 0 Å². The summed E-state index contributed by atoms with van der Waals surface area (Å²) in [6.07, 6.45) is 3.58. The third kappa shape index (κ3) is 2.76. The molecule has 1 heterocycles. The highest BCUT2D eigenvalue weighted by Crippen LogP contribution is 2.16. The molecule has 1 aromatic heterocycles. The molecule has 3 aromatic rings. The SMILES string of the molecule is O=C(O)c1cccc(NN=Cc2c[nH]c3ccccc23)c1. The monoisotopic (exact) mass is 279 g/mol. The Morgan fingerprint density at radius 3 is 2.90 bits per heavy atom. The third-order valence-corrected chi connectivity index (χ3v) is 3.13. The molecule has 0 atom stereocenters. The van der Waals surface area contributed by atoms with Crippen molar-refractivity contribution in [2.24, 2.45) is 5.10 Å². The fraction of sp³-hybridized carbons (Fsp3) is 0. The second-order valence-electron chi connectivity index (χ2n) is 4.55. The van der Waals surface area contributed by atoms with E-state index in [1.165, 1.54) is 12.1 Å². The number of rotatable bonds is 4. The van der Waals surface area contributed by atoms with Crippen molar-refractivity contribution in [3.05, 3.63) is 65.9 Å². The van der Waals surface area contributed by atoms with Crippen molar-refractivity contribution in [2.75, 3.05) is 5.43 Å². The Bertz CT molecular complexity index is 821. The largest absolute Gasteiger partial charge is 0.478 e. The van der Waals surface area contributed by atoms with Gasteiger partial charge in [0, 0.05) is 22.7 Å². The number of aromatic carboxylic acids is 1. The van der Waals surface area contributed by atoms with E-state index >= 15 is 0 Å². The molecule has 0 saturated heterocycles. The molecular weight excluding hydrogens is 266 g/mol. The first-order chi connectivity index (χ1) is 10.2. The third-order valence-electron chi connectivity index (χ3n) is 3.13. The van der Waals surface area contributed by atoms with Crippen LogP contribution in [0.15, 0.2) is 59.8 Å². The number of nitrogens with zero attached hydrogens (tertiary/aromatic N) is 1. The van der Waals surface area contributed by atoms with E-state index in [-0.39, 0.29) is 5.56 Å². The number of aromatic nitrogens is 1. The minimum absolute atomic E-state index is 0.224. The number of hydrogen-bond donors (Lipinski definition) is 3. The van der Waals surface area contributed by atoms with E-state index in [0.717, 1.165) is 16.5 Å². The van der Waals surface area contributed by atoms with Crippen molar-refractivity contribution < 1.29 is 9.90 Å². The number of carboxylic acids is 1. The summed E-state index contributed by atoms with van der Waals surface area (Å²) in [6, 6.07) is 14.5. The van der Waals surface area contributed by atoms with Gasteiger partial charge in [-0.1, -0.05) is 24.3 Å². The van der Waals surface area contributed by atoms with Crippen molar-refractivity contribution >= 4 is 28.8 Å². The highest BCUT2D eigenvalue weighted by Gasteiger charge is 2.02. The minimum Gasteiger partial charge on any atom is -0.478 e. The van der Waals surface area contributed by atoms with Crippen LogP contribution >= 0.6 is 0 Å². The van der Waals surface area contributed by atoms with Crippen LogP contribution in [0.3, 0.4) is 0 Å². The molecule has 5 nitrogen and oxygen atoms in total. The van der Waals surface area contributed by atoms with Crippen LogP contribution in [-0.4, -0.2) is 22.3 Å². The summed E-state index contributed by atoms with van der Waals surface area (Å²) in [5.74, 6) is -0.959. The first-order valence-electron chi connectivity index (χ1n) is 6.42. The number of carboxylic acid groups (broad SMARTS) is 1. The topological polar surface area (TPSA) is 77.5 Å². The highest BCUT2D eigenvalue weighted by atomic mass is 16.4. The molecule has 21 heavy (non-hydrogen) atoms. The lowest BCUT2D eigenvalue weighted by atomic mass is 10.2. The normalized spacial score (nSPS) is 11.0. The van der Waals surface area contributed by atoms with Gasteiger partial charge >= 0.3 is 5.97 Å². The number of H-pyrrole nitrogens is 1. The lowest BCUT2D eigenvalue weighted by Gasteiger charge is -2.01. The van der Waals surface area contributed by atoms with Crippen molar-refractivity contribution in [3.8, 4) is 0 Å². The van der Waals surface area contributed by atoms with Gasteiger partial charge in [-0.3, -0.25) is 5.43 Å². The number of nitrogens with one attached hydrogen (secondary N) is 2. The van der Waals surface area contributed by atoms with Gasteiger partial charge in [-0.05, 0) is 24.3 Å². The number of hydrazone groups is 1. The van der Waals surface area contributed by atoms with Gasteiger partial charge in [0.15, 0.2) is 0 Å². The van der Waals surface area contributed by atoms with Crippen LogP contribution in [0.2, 0.25) is 0 Å². The molecule has 0 unspecified atom stereocenters. The molecule has 3 rings (SSSR count). The van der Waals surface area contributed by atoms with Crippen LogP contribution in [0.5, 0.6) is 0 Å². The number of fused-ring (bicyclic) bond motifs is 1. The maximum atomic E-state index is 10.9. The Balaban J connectivity index is 1.78. The van der Waals surface area contributed by atoms with Gasteiger partial charge in [0.1, 0.15) is 0 Å². The van der Waals surface area contributed by atoms with Crippen molar-refractivity contribution in [1.29, 1.82) is 0 Å². The predicted molar refractivity (Wildman–Crippen MR) is 82.9 cm³/mol. The van der Waals surface area contributed by atoms with Gasteiger partial charge in [-0.25, -0.2) is 4.79 Å². The second-order valence-corrected chi connectivity index (χ2v) is 4.55. The molecule has 0 spiro atoms. The molecular formula is C16H13N3O2. The summed E-state index contributed by atoms with van der Waals surface area (Å²) < 4.78 is 0. The first kappa shape index (κ1) is 12.9. The Labute approximate surface area is 120 Å². The number of benzene rings is 2. The highest BCUT2D eigenvalue weighted by molar-refractivity contribution is 5.99. The summed E-state index contributed by atoms with van der Waals surface area (Å²) >= 11 is 0. The standard InChI is InChI=1S/C16H13N3O2/c20-16(21)11-4-3-5-13(8-11)19-18-10-12-9-17-15-7-2-1-6-14(12)15/h1-10,17,19H,(H,20,21). The average molecular weight is 279 g/mol. The zero-order valence-corrected chi connectivity index (χ0v) is 11.1. The Morgan fingerprint density at radius 2 is 2.05 bits per heavy atom. The van der Waals surface area contributed by atoms with Gasteiger partial charge in [0.2, 0.25) is 0 Å². The zero-order chi connectivity index (χ0) is 14.7. The summed E-state index contributed by atoms with van der Waals surface area (Å²) in [5.41, 5.74) is 5.70. The van der Waals surface area contributed by atoms with E-state index in [1.54, 1.807) is 18.3 Å². The predicted octanol–water partition coefficient (Wildman–Crippen LogP) is 3.31. The smallest absolute Gasteiger partial charge is 0.335 e. The fourth-order valence-corrected chi connectivity index (χ4v) is 2.10. The Kier molecular flexibility index (Phi) is 3.39. The van der Waals surface area contributed by atoms with E-state index in [9.17, 15) is 4.79 Å². The van der Waals surface area contributed by atoms with Gasteiger partial charge < -0.3 is 10.1 Å². The van der Waals surface area contributed by atoms with Gasteiger partial charge in [0.25, 0.3) is 0 Å². The van der Waals surface area contributed by atoms with Crippen LogP contribution in [0.1, 0.15) is 15.9 Å². The first-order valence-corrected chi connectivity index (χ1v) is 6.42. The van der Waals surface area contributed by atoms with Gasteiger partial charge in [-0.15, -0.1) is 0 Å². The molecule has 0 aliphatic heterocycles. The molecule has 0 fully saturated rings. The quantitative estimate of drug-likeness (QED) is 0.506. The van der Waals surface area contributed by atoms with Crippen LogP contribution < -0.4 is 5.43 Å². The fourth-order valence-electron chi connectivity index (χ4n) is 2.10. The van der Waals surface area contributed by atoms with E-state index < -0.39 is 5.97 Å². The summed E-state index contributed by atoms with van der Waals surface area (Å²) in [6.45, 7) is 0. The maximum absolute atomic E-state index is 10.9.